The van der Waals surface area contributed by atoms with Crippen LogP contribution in [0.3, 0.4) is 0 Å². The summed E-state index contributed by atoms with van der Waals surface area (Å²) < 4.78 is 27.5. The van der Waals surface area contributed by atoms with Gasteiger partial charge in [-0.25, -0.2) is 8.42 Å². The van der Waals surface area contributed by atoms with Gasteiger partial charge in [0.2, 0.25) is 21.8 Å². The predicted octanol–water partition coefficient (Wildman–Crippen LogP) is 2.51. The van der Waals surface area contributed by atoms with Crippen LogP contribution in [0.1, 0.15) is 17.7 Å². The molecule has 2 amide bonds. The van der Waals surface area contributed by atoms with Crippen LogP contribution in [0.15, 0.2) is 45.5 Å². The average Bonchev–Trinajstić information content (AvgIpc) is 3.25. The van der Waals surface area contributed by atoms with Crippen LogP contribution in [0.5, 0.6) is 0 Å². The second kappa shape index (κ2) is 8.47. The van der Waals surface area contributed by atoms with Crippen LogP contribution in [-0.2, 0) is 26.2 Å². The Morgan fingerprint density at radius 1 is 1.24 bits per heavy atom. The number of hydrogen-bond acceptors (Lipinski definition) is 6. The highest BCUT2D eigenvalue weighted by Gasteiger charge is 2.32. The number of anilines is 1. The molecular formula is C19H21N3O4S3. The van der Waals surface area contributed by atoms with Crippen molar-refractivity contribution in [3.63, 3.8) is 0 Å². The number of benzene rings is 1. The normalized spacial score (nSPS) is 18.1. The van der Waals surface area contributed by atoms with E-state index in [1.807, 2.05) is 17.5 Å². The predicted molar refractivity (Wildman–Crippen MR) is 113 cm³/mol. The van der Waals surface area contributed by atoms with Gasteiger partial charge in [0.05, 0.1) is 22.9 Å². The van der Waals surface area contributed by atoms with E-state index in [4.69, 9.17) is 0 Å². The zero-order valence-corrected chi connectivity index (χ0v) is 18.0. The van der Waals surface area contributed by atoms with Crippen LogP contribution in [-0.4, -0.2) is 43.4 Å². The Morgan fingerprint density at radius 2 is 2.03 bits per heavy atom. The minimum absolute atomic E-state index is 0.0241. The molecule has 10 heteroatoms. The smallest absolute Gasteiger partial charge is 0.243 e. The van der Waals surface area contributed by atoms with Gasteiger partial charge in [0, 0.05) is 28.8 Å². The number of sulfonamides is 1. The molecule has 0 saturated carbocycles. The van der Waals surface area contributed by atoms with Crippen LogP contribution in [0.4, 0.5) is 5.69 Å². The van der Waals surface area contributed by atoms with Crippen molar-refractivity contribution in [1.29, 1.82) is 0 Å². The Kier molecular flexibility index (Phi) is 5.95. The van der Waals surface area contributed by atoms with Crippen molar-refractivity contribution in [1.82, 2.24) is 9.62 Å². The van der Waals surface area contributed by atoms with Crippen LogP contribution in [0.25, 0.3) is 0 Å². The van der Waals surface area contributed by atoms with Gasteiger partial charge in [-0.05, 0) is 42.5 Å². The lowest BCUT2D eigenvalue weighted by Gasteiger charge is -2.30. The lowest BCUT2D eigenvalue weighted by molar-refractivity contribution is -0.126. The number of nitrogens with zero attached hydrogens (tertiary/aromatic N) is 1. The molecule has 0 bridgehead atoms. The van der Waals surface area contributed by atoms with Gasteiger partial charge in [0.1, 0.15) is 0 Å². The zero-order chi connectivity index (χ0) is 20.4. The molecule has 0 spiro atoms. The molecule has 0 aliphatic carbocycles. The summed E-state index contributed by atoms with van der Waals surface area (Å²) in [6.07, 6.45) is 0.986. The number of hydrogen-bond donors (Lipinski definition) is 2. The Morgan fingerprint density at radius 3 is 2.76 bits per heavy atom. The SMILES string of the molecule is O=C1CSc2ccc(S(=O)(=O)N3CCC(C(=O)NCc4cccs4)CC3)cc2N1. The van der Waals surface area contributed by atoms with Crippen molar-refractivity contribution in [2.24, 2.45) is 5.92 Å². The van der Waals surface area contributed by atoms with Gasteiger partial charge in [0.15, 0.2) is 0 Å². The Labute approximate surface area is 177 Å². The number of thiophene rings is 1. The molecule has 2 N–H and O–H groups in total. The first-order valence-electron chi connectivity index (χ1n) is 9.30. The lowest BCUT2D eigenvalue weighted by Crippen LogP contribution is -2.42. The zero-order valence-electron chi connectivity index (χ0n) is 15.6. The summed E-state index contributed by atoms with van der Waals surface area (Å²) in [6.45, 7) is 1.11. The van der Waals surface area contributed by atoms with E-state index in [2.05, 4.69) is 10.6 Å². The third kappa shape index (κ3) is 4.50. The highest BCUT2D eigenvalue weighted by molar-refractivity contribution is 8.00. The molecule has 0 atom stereocenters. The molecule has 4 rings (SSSR count). The summed E-state index contributed by atoms with van der Waals surface area (Å²) in [6, 6.07) is 8.75. The molecule has 1 saturated heterocycles. The molecule has 1 aromatic carbocycles. The summed E-state index contributed by atoms with van der Waals surface area (Å²) in [5.41, 5.74) is 0.537. The van der Waals surface area contributed by atoms with Gasteiger partial charge in [-0.1, -0.05) is 6.07 Å². The number of rotatable bonds is 5. The number of fused-ring (bicyclic) bond motifs is 1. The first kappa shape index (κ1) is 20.4. The first-order chi connectivity index (χ1) is 13.9. The van der Waals surface area contributed by atoms with Gasteiger partial charge < -0.3 is 10.6 Å². The number of piperidine rings is 1. The number of thioether (sulfide) groups is 1. The van der Waals surface area contributed by atoms with Gasteiger partial charge in [-0.2, -0.15) is 4.31 Å². The molecule has 3 heterocycles. The van der Waals surface area contributed by atoms with E-state index in [0.717, 1.165) is 9.77 Å². The average molecular weight is 452 g/mol. The Balaban J connectivity index is 1.38. The number of carbonyl (C=O) groups is 2. The molecule has 0 radical (unpaired) electrons. The first-order valence-corrected chi connectivity index (χ1v) is 12.6. The van der Waals surface area contributed by atoms with E-state index in [1.165, 1.54) is 22.1 Å². The fourth-order valence-electron chi connectivity index (χ4n) is 3.46. The molecule has 29 heavy (non-hydrogen) atoms. The molecular weight excluding hydrogens is 430 g/mol. The van der Waals surface area contributed by atoms with Crippen molar-refractivity contribution >= 4 is 50.6 Å². The third-order valence-corrected chi connectivity index (χ3v) is 8.91. The quantitative estimate of drug-likeness (QED) is 0.728. The summed E-state index contributed by atoms with van der Waals surface area (Å²) in [4.78, 5) is 26.1. The number of amides is 2. The largest absolute Gasteiger partial charge is 0.351 e. The van der Waals surface area contributed by atoms with Gasteiger partial charge >= 0.3 is 0 Å². The summed E-state index contributed by atoms with van der Waals surface area (Å²) >= 11 is 2.99. The Bertz CT molecular complexity index is 1010. The maximum atomic E-state index is 13.0. The molecule has 154 valence electrons. The van der Waals surface area contributed by atoms with E-state index in [1.54, 1.807) is 23.5 Å². The van der Waals surface area contributed by atoms with Gasteiger partial charge in [-0.15, -0.1) is 23.1 Å². The maximum absolute atomic E-state index is 13.0. The van der Waals surface area contributed by atoms with Crippen molar-refractivity contribution in [2.45, 2.75) is 29.2 Å². The minimum atomic E-state index is -3.67. The fraction of sp³-hybridized carbons (Fsp3) is 0.368. The van der Waals surface area contributed by atoms with Crippen LogP contribution in [0, 0.1) is 5.92 Å². The fourth-order valence-corrected chi connectivity index (χ4v) is 6.39. The monoisotopic (exact) mass is 451 g/mol. The van der Waals surface area contributed by atoms with E-state index in [0.29, 0.717) is 43.9 Å². The van der Waals surface area contributed by atoms with E-state index in [9.17, 15) is 18.0 Å². The third-order valence-electron chi connectivity index (χ3n) is 5.06. The number of nitrogens with one attached hydrogen (secondary N) is 2. The molecule has 0 unspecified atom stereocenters. The standard InChI is InChI=1S/C19H21N3O4S3/c23-18-12-28-17-4-3-15(10-16(17)21-18)29(25,26)22-7-5-13(6-8-22)19(24)20-11-14-2-1-9-27-14/h1-4,9-10,13H,5-8,11-12H2,(H,20,24)(H,21,23). The van der Waals surface area contributed by atoms with E-state index in [-0.39, 0.29) is 22.6 Å². The molecule has 7 nitrogen and oxygen atoms in total. The van der Waals surface area contributed by atoms with Crippen molar-refractivity contribution < 1.29 is 18.0 Å². The van der Waals surface area contributed by atoms with Crippen molar-refractivity contribution in [2.75, 3.05) is 24.2 Å². The lowest BCUT2D eigenvalue weighted by atomic mass is 9.97. The van der Waals surface area contributed by atoms with Gasteiger partial charge in [0.25, 0.3) is 0 Å². The molecule has 2 aliphatic rings. The molecule has 1 aromatic heterocycles. The van der Waals surface area contributed by atoms with Crippen molar-refractivity contribution in [3.05, 3.63) is 40.6 Å². The molecule has 1 fully saturated rings. The second-order valence-electron chi connectivity index (χ2n) is 6.97. The maximum Gasteiger partial charge on any atom is 0.243 e. The summed E-state index contributed by atoms with van der Waals surface area (Å²) in [5, 5.41) is 7.64. The minimum Gasteiger partial charge on any atom is -0.351 e. The van der Waals surface area contributed by atoms with E-state index < -0.39 is 10.0 Å². The highest BCUT2D eigenvalue weighted by atomic mass is 32.2. The van der Waals surface area contributed by atoms with Crippen LogP contribution < -0.4 is 10.6 Å². The van der Waals surface area contributed by atoms with Crippen LogP contribution in [0.2, 0.25) is 0 Å². The summed E-state index contributed by atoms with van der Waals surface area (Å²) in [5.74, 6) is -0.00253. The number of carbonyl (C=O) groups excluding carboxylic acids is 2. The topological polar surface area (TPSA) is 95.6 Å². The molecule has 2 aliphatic heterocycles. The summed E-state index contributed by atoms with van der Waals surface area (Å²) in [7, 11) is -3.67. The van der Waals surface area contributed by atoms with Crippen molar-refractivity contribution in [3.8, 4) is 0 Å². The molecule has 2 aromatic rings. The second-order valence-corrected chi connectivity index (χ2v) is 11.0. The van der Waals surface area contributed by atoms with Crippen LogP contribution >= 0.6 is 23.1 Å². The van der Waals surface area contributed by atoms with E-state index >= 15 is 0 Å². The highest BCUT2D eigenvalue weighted by Crippen LogP contribution is 2.34. The van der Waals surface area contributed by atoms with Gasteiger partial charge in [-0.3, -0.25) is 9.59 Å². The Hall–Kier alpha value is -1.88.